The van der Waals surface area contributed by atoms with E-state index in [1.807, 2.05) is 42.6 Å². The van der Waals surface area contributed by atoms with Crippen molar-refractivity contribution < 1.29 is 4.74 Å². The maximum Gasteiger partial charge on any atom is 0.174 e. The molecule has 1 N–H and O–H groups in total. The molecule has 1 aliphatic rings. The molecular formula is C28H27ClN4OS. The summed E-state index contributed by atoms with van der Waals surface area (Å²) in [5.74, 6) is 0.763. The minimum Gasteiger partial charge on any atom is -0.495 e. The summed E-state index contributed by atoms with van der Waals surface area (Å²) in [5, 5.41) is 4.89. The fourth-order valence-corrected chi connectivity index (χ4v) is 5.46. The number of nitrogens with one attached hydrogen (secondary N) is 1. The van der Waals surface area contributed by atoms with E-state index in [1.165, 1.54) is 5.56 Å². The SMILES string of the molecule is COc1ccc(Cl)cc1-n1c(C)cc(C2C(c3ccccn3)NC(=S)N2c2ccc(C)cc2)c1C. The second-order valence-corrected chi connectivity index (χ2v) is 9.63. The number of methoxy groups -OCH3 is 1. The molecule has 5 nitrogen and oxygen atoms in total. The van der Waals surface area contributed by atoms with Gasteiger partial charge in [0.2, 0.25) is 0 Å². The van der Waals surface area contributed by atoms with Crippen molar-refractivity contribution >= 4 is 34.6 Å². The van der Waals surface area contributed by atoms with Crippen molar-refractivity contribution in [1.82, 2.24) is 14.9 Å². The Balaban J connectivity index is 1.70. The predicted molar refractivity (Wildman–Crippen MR) is 146 cm³/mol. The molecule has 178 valence electrons. The third-order valence-corrected chi connectivity index (χ3v) is 7.13. The molecular weight excluding hydrogens is 476 g/mol. The summed E-state index contributed by atoms with van der Waals surface area (Å²) < 4.78 is 7.87. The Morgan fingerprint density at radius 2 is 1.77 bits per heavy atom. The molecule has 0 radical (unpaired) electrons. The van der Waals surface area contributed by atoms with E-state index in [9.17, 15) is 0 Å². The van der Waals surface area contributed by atoms with Crippen LogP contribution in [0.4, 0.5) is 5.69 Å². The van der Waals surface area contributed by atoms with Gasteiger partial charge < -0.3 is 19.5 Å². The van der Waals surface area contributed by atoms with E-state index < -0.39 is 0 Å². The molecule has 1 aliphatic heterocycles. The zero-order valence-corrected chi connectivity index (χ0v) is 21.7. The van der Waals surface area contributed by atoms with E-state index in [0.29, 0.717) is 10.1 Å². The van der Waals surface area contributed by atoms with Crippen molar-refractivity contribution in [2.75, 3.05) is 12.0 Å². The fourth-order valence-electron chi connectivity index (χ4n) is 4.95. The number of benzene rings is 2. The van der Waals surface area contributed by atoms with Gasteiger partial charge in [0.15, 0.2) is 5.11 Å². The number of thiocarbonyl (C=S) groups is 1. The third-order valence-electron chi connectivity index (χ3n) is 6.58. The van der Waals surface area contributed by atoms with Crippen molar-refractivity contribution in [3.8, 4) is 11.4 Å². The maximum atomic E-state index is 6.39. The van der Waals surface area contributed by atoms with Gasteiger partial charge in [0.05, 0.1) is 30.6 Å². The average Bonchev–Trinajstić information content (AvgIpc) is 3.35. The summed E-state index contributed by atoms with van der Waals surface area (Å²) in [6.07, 6.45) is 1.83. The summed E-state index contributed by atoms with van der Waals surface area (Å²) in [5.41, 5.74) is 7.44. The van der Waals surface area contributed by atoms with Crippen molar-refractivity contribution in [2.45, 2.75) is 32.9 Å². The highest BCUT2D eigenvalue weighted by molar-refractivity contribution is 7.80. The number of aryl methyl sites for hydroxylation is 2. The molecule has 0 bridgehead atoms. The Morgan fingerprint density at radius 3 is 2.46 bits per heavy atom. The smallest absolute Gasteiger partial charge is 0.174 e. The number of hydrogen-bond acceptors (Lipinski definition) is 3. The van der Waals surface area contributed by atoms with Gasteiger partial charge in [-0.2, -0.15) is 0 Å². The van der Waals surface area contributed by atoms with Gasteiger partial charge >= 0.3 is 0 Å². The molecule has 5 rings (SSSR count). The van der Waals surface area contributed by atoms with Crippen LogP contribution in [0.3, 0.4) is 0 Å². The standard InChI is InChI=1S/C28H27ClN4OS/c1-17-8-11-21(12-9-17)33-27(26(31-28(33)35)23-7-5-6-14-30-23)22-15-18(2)32(19(22)3)24-16-20(29)10-13-25(24)34-4/h5-16,26-27H,1-4H3,(H,31,35). The summed E-state index contributed by atoms with van der Waals surface area (Å²) in [4.78, 5) is 6.88. The topological polar surface area (TPSA) is 42.3 Å². The highest BCUT2D eigenvalue weighted by Gasteiger charge is 2.42. The van der Waals surface area contributed by atoms with Crippen LogP contribution in [0.1, 0.15) is 40.3 Å². The number of pyridine rings is 1. The molecule has 2 atom stereocenters. The molecule has 2 unspecified atom stereocenters. The molecule has 0 saturated carbocycles. The fraction of sp³-hybridized carbons (Fsp3) is 0.214. The number of aromatic nitrogens is 2. The van der Waals surface area contributed by atoms with Gasteiger partial charge in [-0.25, -0.2) is 0 Å². The minimum atomic E-state index is -0.111. The molecule has 1 fully saturated rings. The van der Waals surface area contributed by atoms with Crippen LogP contribution in [0.5, 0.6) is 5.75 Å². The molecule has 2 aromatic heterocycles. The van der Waals surface area contributed by atoms with Gasteiger partial charge in [-0.1, -0.05) is 35.4 Å². The second kappa shape index (κ2) is 9.36. The monoisotopic (exact) mass is 502 g/mol. The molecule has 0 aliphatic carbocycles. The first kappa shape index (κ1) is 23.4. The van der Waals surface area contributed by atoms with E-state index in [-0.39, 0.29) is 12.1 Å². The quantitative estimate of drug-likeness (QED) is 0.310. The van der Waals surface area contributed by atoms with Crippen LogP contribution in [0, 0.1) is 20.8 Å². The number of ether oxygens (including phenoxy) is 1. The molecule has 3 heterocycles. The van der Waals surface area contributed by atoms with Gasteiger partial charge in [0.25, 0.3) is 0 Å². The lowest BCUT2D eigenvalue weighted by atomic mass is 9.96. The van der Waals surface area contributed by atoms with E-state index in [0.717, 1.165) is 39.8 Å². The van der Waals surface area contributed by atoms with E-state index in [4.69, 9.17) is 28.6 Å². The number of anilines is 1. The van der Waals surface area contributed by atoms with Crippen LogP contribution < -0.4 is 15.0 Å². The first-order valence-corrected chi connectivity index (χ1v) is 12.3. The normalized spacial score (nSPS) is 17.5. The largest absolute Gasteiger partial charge is 0.495 e. The van der Waals surface area contributed by atoms with Crippen molar-refractivity contribution in [3.05, 3.63) is 106 Å². The Labute approximate surface area is 216 Å². The number of hydrogen-bond donors (Lipinski definition) is 1. The Hall–Kier alpha value is -3.35. The lowest BCUT2D eigenvalue weighted by molar-refractivity contribution is 0.412. The zero-order valence-electron chi connectivity index (χ0n) is 20.1. The predicted octanol–water partition coefficient (Wildman–Crippen LogP) is 6.64. The molecule has 35 heavy (non-hydrogen) atoms. The summed E-state index contributed by atoms with van der Waals surface area (Å²) >= 11 is 12.3. The zero-order chi connectivity index (χ0) is 24.7. The molecule has 1 saturated heterocycles. The van der Waals surface area contributed by atoms with E-state index in [1.54, 1.807) is 7.11 Å². The molecule has 7 heteroatoms. The van der Waals surface area contributed by atoms with E-state index in [2.05, 4.69) is 70.9 Å². The summed E-state index contributed by atoms with van der Waals surface area (Å²) in [7, 11) is 1.68. The Bertz CT molecular complexity index is 1380. The molecule has 4 aromatic rings. The highest BCUT2D eigenvalue weighted by Crippen LogP contribution is 2.44. The van der Waals surface area contributed by atoms with Crippen molar-refractivity contribution in [3.63, 3.8) is 0 Å². The van der Waals surface area contributed by atoms with Crippen LogP contribution in [-0.2, 0) is 0 Å². The lowest BCUT2D eigenvalue weighted by Crippen LogP contribution is -2.29. The first-order chi connectivity index (χ1) is 16.9. The molecule has 0 amide bonds. The lowest BCUT2D eigenvalue weighted by Gasteiger charge is -2.28. The van der Waals surface area contributed by atoms with Crippen LogP contribution in [0.25, 0.3) is 5.69 Å². The first-order valence-electron chi connectivity index (χ1n) is 11.5. The number of rotatable bonds is 5. The Morgan fingerprint density at radius 1 is 1.00 bits per heavy atom. The van der Waals surface area contributed by atoms with Gasteiger partial charge in [0.1, 0.15) is 5.75 Å². The number of nitrogens with zero attached hydrogens (tertiary/aromatic N) is 3. The highest BCUT2D eigenvalue weighted by atomic mass is 35.5. The van der Waals surface area contributed by atoms with Crippen LogP contribution in [0.15, 0.2) is 72.9 Å². The van der Waals surface area contributed by atoms with E-state index >= 15 is 0 Å². The van der Waals surface area contributed by atoms with Gasteiger partial charge in [0, 0.05) is 28.3 Å². The van der Waals surface area contributed by atoms with Gasteiger partial charge in [-0.3, -0.25) is 4.98 Å². The molecule has 2 aromatic carbocycles. The van der Waals surface area contributed by atoms with Gasteiger partial charge in [-0.15, -0.1) is 0 Å². The Kier molecular flexibility index (Phi) is 6.26. The molecule has 0 spiro atoms. The summed E-state index contributed by atoms with van der Waals surface area (Å²) in [6, 6.07) is 22.2. The van der Waals surface area contributed by atoms with Gasteiger partial charge in [-0.05, 0) is 87.1 Å². The van der Waals surface area contributed by atoms with Crippen molar-refractivity contribution in [1.29, 1.82) is 0 Å². The van der Waals surface area contributed by atoms with Crippen LogP contribution >= 0.6 is 23.8 Å². The van der Waals surface area contributed by atoms with Crippen LogP contribution in [0.2, 0.25) is 5.02 Å². The summed E-state index contributed by atoms with van der Waals surface area (Å²) in [6.45, 7) is 6.32. The van der Waals surface area contributed by atoms with Crippen LogP contribution in [-0.4, -0.2) is 21.8 Å². The minimum absolute atomic E-state index is 0.0924. The van der Waals surface area contributed by atoms with Crippen molar-refractivity contribution in [2.24, 2.45) is 0 Å². The second-order valence-electron chi connectivity index (χ2n) is 8.81. The maximum absolute atomic E-state index is 6.39. The number of halogens is 1. The third kappa shape index (κ3) is 4.17. The average molecular weight is 503 g/mol.